The molecule has 5 atom stereocenters. The highest BCUT2D eigenvalue weighted by atomic mass is 79.9. The Morgan fingerprint density at radius 1 is 1.06 bits per heavy atom. The molecule has 31 heavy (non-hydrogen) atoms. The third kappa shape index (κ3) is 3.52. The lowest BCUT2D eigenvalue weighted by Crippen LogP contribution is -2.49. The van der Waals surface area contributed by atoms with Crippen LogP contribution in [-0.4, -0.2) is 28.7 Å². The summed E-state index contributed by atoms with van der Waals surface area (Å²) in [6.45, 7) is 0. The average Bonchev–Trinajstić information content (AvgIpc) is 3.43. The van der Waals surface area contributed by atoms with Gasteiger partial charge in [-0.25, -0.2) is 0 Å². The van der Waals surface area contributed by atoms with Crippen LogP contribution in [0, 0.1) is 23.7 Å². The Bertz CT molecular complexity index is 1070. The number of amides is 3. The number of carbonyl (C=O) groups excluding carboxylic acids is 3. The number of halogens is 2. The number of fused-ring (bicyclic) bond motifs is 5. The first-order valence-electron chi connectivity index (χ1n) is 10.3. The maximum absolute atomic E-state index is 13.4. The largest absolute Gasteiger partial charge is 0.323 e. The van der Waals surface area contributed by atoms with E-state index in [1.165, 1.54) is 4.90 Å². The van der Waals surface area contributed by atoms with Crippen molar-refractivity contribution in [3.63, 3.8) is 0 Å². The molecule has 3 aliphatic rings. The number of rotatable bonds is 5. The average molecular weight is 500 g/mol. The van der Waals surface area contributed by atoms with Gasteiger partial charge in [0.15, 0.2) is 0 Å². The van der Waals surface area contributed by atoms with Gasteiger partial charge in [-0.05, 0) is 42.0 Å². The van der Waals surface area contributed by atoms with Crippen LogP contribution in [0.2, 0.25) is 5.02 Å². The molecule has 0 aromatic heterocycles. The molecule has 2 aliphatic carbocycles. The number of benzene rings is 2. The minimum Gasteiger partial charge on any atom is -0.323 e. The van der Waals surface area contributed by atoms with Crippen molar-refractivity contribution in [2.75, 3.05) is 5.32 Å². The Morgan fingerprint density at radius 3 is 2.32 bits per heavy atom. The molecule has 0 spiro atoms. The van der Waals surface area contributed by atoms with E-state index in [1.54, 1.807) is 18.2 Å². The maximum atomic E-state index is 13.4. The Balaban J connectivity index is 1.47. The first-order chi connectivity index (χ1) is 14.9. The Hall–Kier alpha value is -2.44. The third-order valence-corrected chi connectivity index (χ3v) is 7.39. The summed E-state index contributed by atoms with van der Waals surface area (Å²) in [5, 5.41) is 3.20. The summed E-state index contributed by atoms with van der Waals surface area (Å²) < 4.78 is 0.789. The Kier molecular flexibility index (Phi) is 5.22. The monoisotopic (exact) mass is 498 g/mol. The number of anilines is 1. The second-order valence-electron chi connectivity index (χ2n) is 8.37. The number of likely N-dealkylation sites (tertiary alicyclic amines) is 1. The van der Waals surface area contributed by atoms with E-state index in [-0.39, 0.29) is 41.9 Å². The van der Waals surface area contributed by atoms with E-state index in [4.69, 9.17) is 11.6 Å². The van der Waals surface area contributed by atoms with Crippen LogP contribution in [0.5, 0.6) is 0 Å². The molecule has 2 aromatic rings. The number of allylic oxidation sites excluding steroid dienone is 2. The van der Waals surface area contributed by atoms with E-state index in [2.05, 4.69) is 21.2 Å². The highest BCUT2D eigenvalue weighted by Gasteiger charge is 2.61. The maximum Gasteiger partial charge on any atom is 0.248 e. The smallest absolute Gasteiger partial charge is 0.248 e. The van der Waals surface area contributed by atoms with Gasteiger partial charge in [0, 0.05) is 10.9 Å². The Morgan fingerprint density at radius 2 is 1.71 bits per heavy atom. The molecule has 1 aliphatic heterocycles. The molecule has 1 saturated carbocycles. The van der Waals surface area contributed by atoms with Gasteiger partial charge in [0.25, 0.3) is 0 Å². The molecule has 5 nitrogen and oxygen atoms in total. The van der Waals surface area contributed by atoms with Crippen LogP contribution < -0.4 is 5.32 Å². The summed E-state index contributed by atoms with van der Waals surface area (Å²) in [4.78, 5) is 41.3. The number of nitrogens with one attached hydrogen (secondary N) is 1. The van der Waals surface area contributed by atoms with Gasteiger partial charge in [-0.3, -0.25) is 19.3 Å². The van der Waals surface area contributed by atoms with E-state index in [1.807, 2.05) is 42.5 Å². The second kappa shape index (κ2) is 7.92. The summed E-state index contributed by atoms with van der Waals surface area (Å²) >= 11 is 9.63. The predicted molar refractivity (Wildman–Crippen MR) is 121 cm³/mol. The first-order valence-corrected chi connectivity index (χ1v) is 11.5. The van der Waals surface area contributed by atoms with Gasteiger partial charge in [-0.1, -0.05) is 70.0 Å². The molecular formula is C24H20BrClN2O3. The number of nitrogens with zero attached hydrogens (tertiary/aromatic N) is 1. The minimum absolute atomic E-state index is 0.0952. The Labute approximate surface area is 193 Å². The zero-order chi connectivity index (χ0) is 21.7. The van der Waals surface area contributed by atoms with Crippen LogP contribution in [0.25, 0.3) is 0 Å². The summed E-state index contributed by atoms with van der Waals surface area (Å²) in [6.07, 6.45) is 5.20. The van der Waals surface area contributed by atoms with Crippen molar-refractivity contribution in [1.82, 2.24) is 4.90 Å². The minimum atomic E-state index is -0.938. The highest BCUT2D eigenvalue weighted by Crippen LogP contribution is 2.53. The van der Waals surface area contributed by atoms with Crippen LogP contribution in [0.15, 0.2) is 65.2 Å². The lowest BCUT2D eigenvalue weighted by Gasteiger charge is -2.27. The van der Waals surface area contributed by atoms with Crippen LogP contribution in [0.1, 0.15) is 12.0 Å². The number of hydrogen-bond acceptors (Lipinski definition) is 3. The molecule has 2 bridgehead atoms. The molecule has 158 valence electrons. The fourth-order valence-corrected chi connectivity index (χ4v) is 5.90. The summed E-state index contributed by atoms with van der Waals surface area (Å²) in [6, 6.07) is 13.6. The second-order valence-corrected chi connectivity index (χ2v) is 9.69. The number of imide groups is 1. The number of hydrogen-bond donors (Lipinski definition) is 1. The van der Waals surface area contributed by atoms with E-state index < -0.39 is 11.9 Å². The highest BCUT2D eigenvalue weighted by molar-refractivity contribution is 9.10. The molecule has 2 aromatic carbocycles. The van der Waals surface area contributed by atoms with Gasteiger partial charge in [0.1, 0.15) is 6.04 Å². The van der Waals surface area contributed by atoms with Gasteiger partial charge >= 0.3 is 0 Å². The topological polar surface area (TPSA) is 66.5 Å². The molecule has 0 unspecified atom stereocenters. The van der Waals surface area contributed by atoms with E-state index in [0.29, 0.717) is 10.7 Å². The summed E-state index contributed by atoms with van der Waals surface area (Å²) in [5.41, 5.74) is 1.32. The van der Waals surface area contributed by atoms with Crippen LogP contribution in [0.4, 0.5) is 5.69 Å². The van der Waals surface area contributed by atoms with Crippen LogP contribution in [0.3, 0.4) is 0 Å². The van der Waals surface area contributed by atoms with Crippen molar-refractivity contribution >= 4 is 50.9 Å². The molecular weight excluding hydrogens is 480 g/mol. The standard InChI is InChI=1S/C24H20BrClN2O3/c25-16-8-9-18(17(26)12-16)27-22(29)19(10-13-4-2-1-3-5-13)28-23(30)20-14-6-7-15(11-14)21(20)24(28)31/h1-9,12,14-15,19-21H,10-11H2,(H,27,29)/t14-,15+,19-,20+,21+/m1/s1. The third-order valence-electron chi connectivity index (χ3n) is 6.58. The van der Waals surface area contributed by atoms with Crippen molar-refractivity contribution in [3.8, 4) is 0 Å². The van der Waals surface area contributed by atoms with Gasteiger partial charge < -0.3 is 5.32 Å². The van der Waals surface area contributed by atoms with Crippen molar-refractivity contribution in [3.05, 3.63) is 75.7 Å². The molecule has 0 radical (unpaired) electrons. The molecule has 3 amide bonds. The van der Waals surface area contributed by atoms with Crippen molar-refractivity contribution in [2.24, 2.45) is 23.7 Å². The quantitative estimate of drug-likeness (QED) is 0.488. The normalized spacial score (nSPS) is 27.0. The molecule has 5 rings (SSSR count). The van der Waals surface area contributed by atoms with Crippen LogP contribution in [-0.2, 0) is 20.8 Å². The molecule has 1 N–H and O–H groups in total. The van der Waals surface area contributed by atoms with E-state index in [0.717, 1.165) is 16.5 Å². The SMILES string of the molecule is O=C(Nc1ccc(Br)cc1Cl)[C@@H](Cc1ccccc1)N1C(=O)[C@@H]2[C@@H](C1=O)[C@H]1C=C[C@@H]2C1. The number of carbonyl (C=O) groups is 3. The van der Waals surface area contributed by atoms with Crippen molar-refractivity contribution < 1.29 is 14.4 Å². The van der Waals surface area contributed by atoms with Gasteiger partial charge in [-0.2, -0.15) is 0 Å². The molecule has 1 heterocycles. The van der Waals surface area contributed by atoms with E-state index >= 15 is 0 Å². The van der Waals surface area contributed by atoms with Gasteiger partial charge in [0.2, 0.25) is 17.7 Å². The lowest BCUT2D eigenvalue weighted by molar-refractivity contribution is -0.147. The lowest BCUT2D eigenvalue weighted by atomic mass is 9.85. The summed E-state index contributed by atoms with van der Waals surface area (Å²) in [7, 11) is 0. The zero-order valence-electron chi connectivity index (χ0n) is 16.5. The predicted octanol–water partition coefficient (Wildman–Crippen LogP) is 4.46. The fraction of sp³-hybridized carbons (Fsp3) is 0.292. The zero-order valence-corrected chi connectivity index (χ0v) is 18.8. The molecule has 7 heteroatoms. The first kappa shape index (κ1) is 20.5. The van der Waals surface area contributed by atoms with Crippen molar-refractivity contribution in [1.29, 1.82) is 0 Å². The molecule has 2 fully saturated rings. The van der Waals surface area contributed by atoms with Crippen LogP contribution >= 0.6 is 27.5 Å². The fourth-order valence-electron chi connectivity index (χ4n) is 5.18. The van der Waals surface area contributed by atoms with Gasteiger partial charge in [0.05, 0.1) is 22.5 Å². The van der Waals surface area contributed by atoms with Crippen molar-refractivity contribution in [2.45, 2.75) is 18.9 Å². The van der Waals surface area contributed by atoms with E-state index in [9.17, 15) is 14.4 Å². The summed E-state index contributed by atoms with van der Waals surface area (Å²) in [5.74, 6) is -1.38. The molecule has 1 saturated heterocycles. The van der Waals surface area contributed by atoms with Gasteiger partial charge in [-0.15, -0.1) is 0 Å².